The molecule has 0 aromatic carbocycles. The van der Waals surface area contributed by atoms with Gasteiger partial charge < -0.3 is 10.2 Å². The minimum atomic E-state index is -3.19. The van der Waals surface area contributed by atoms with E-state index in [0.29, 0.717) is 24.4 Å². The van der Waals surface area contributed by atoms with Gasteiger partial charge in [-0.15, -0.1) is 24.0 Å². The summed E-state index contributed by atoms with van der Waals surface area (Å²) in [4.78, 5) is 6.70. The van der Waals surface area contributed by atoms with Crippen molar-refractivity contribution < 1.29 is 8.42 Å². The van der Waals surface area contributed by atoms with E-state index < -0.39 is 10.0 Å². The molecule has 2 saturated carbocycles. The largest absolute Gasteiger partial charge is 0.355 e. The Kier molecular flexibility index (Phi) is 8.46. The molecule has 6 nitrogen and oxygen atoms in total. The highest BCUT2D eigenvalue weighted by Crippen LogP contribution is 2.43. The van der Waals surface area contributed by atoms with Crippen LogP contribution in [0.1, 0.15) is 57.8 Å². The Bertz CT molecular complexity index is 572. The molecule has 0 amide bonds. The highest BCUT2D eigenvalue weighted by molar-refractivity contribution is 14.0. The predicted molar refractivity (Wildman–Crippen MR) is 118 cm³/mol. The van der Waals surface area contributed by atoms with Gasteiger partial charge in [-0.2, -0.15) is 0 Å². The third-order valence-electron chi connectivity index (χ3n) is 6.33. The molecule has 0 bridgehead atoms. The van der Waals surface area contributed by atoms with Crippen molar-refractivity contribution in [2.24, 2.45) is 16.3 Å². The molecule has 26 heavy (non-hydrogen) atoms. The summed E-state index contributed by atoms with van der Waals surface area (Å²) in [5, 5.41) is 3.26. The first-order valence-corrected chi connectivity index (χ1v) is 11.6. The molecule has 152 valence electrons. The van der Waals surface area contributed by atoms with Crippen molar-refractivity contribution in [1.82, 2.24) is 14.9 Å². The summed E-state index contributed by atoms with van der Waals surface area (Å²) in [6.07, 6.45) is 11.5. The third kappa shape index (κ3) is 5.95. The fourth-order valence-electron chi connectivity index (χ4n) is 4.47. The Morgan fingerprint density at radius 2 is 1.88 bits per heavy atom. The van der Waals surface area contributed by atoms with E-state index in [9.17, 15) is 8.42 Å². The van der Waals surface area contributed by atoms with Crippen LogP contribution in [-0.4, -0.2) is 58.3 Å². The van der Waals surface area contributed by atoms with Gasteiger partial charge in [-0.3, -0.25) is 4.99 Å². The quantitative estimate of drug-likeness (QED) is 0.336. The zero-order valence-corrected chi connectivity index (χ0v) is 19.2. The predicted octanol–water partition coefficient (Wildman–Crippen LogP) is 2.56. The molecule has 3 rings (SSSR count). The molecule has 0 aromatic heterocycles. The molecule has 8 heteroatoms. The number of sulfonamides is 1. The number of nitrogens with zero attached hydrogens (tertiary/aromatic N) is 2. The molecule has 1 heterocycles. The Morgan fingerprint density at radius 1 is 1.15 bits per heavy atom. The molecular formula is C18H35IN4O2S. The van der Waals surface area contributed by atoms with Crippen molar-refractivity contribution in [1.29, 1.82) is 0 Å². The second-order valence-electron chi connectivity index (χ2n) is 8.17. The number of halogens is 1. The van der Waals surface area contributed by atoms with Crippen LogP contribution in [0.5, 0.6) is 0 Å². The fraction of sp³-hybridized carbons (Fsp3) is 0.944. The topological polar surface area (TPSA) is 73.8 Å². The number of rotatable bonds is 6. The minimum Gasteiger partial charge on any atom is -0.355 e. The van der Waals surface area contributed by atoms with Crippen molar-refractivity contribution in [2.75, 3.05) is 39.0 Å². The average molecular weight is 498 g/mol. The Hall–Kier alpha value is -0.0900. The van der Waals surface area contributed by atoms with Crippen molar-refractivity contribution in [2.45, 2.75) is 57.8 Å². The molecule has 2 aliphatic carbocycles. The lowest BCUT2D eigenvalue weighted by Crippen LogP contribution is -2.44. The van der Waals surface area contributed by atoms with E-state index in [4.69, 9.17) is 0 Å². The summed E-state index contributed by atoms with van der Waals surface area (Å²) in [6, 6.07) is 0. The lowest BCUT2D eigenvalue weighted by Gasteiger charge is -2.33. The summed E-state index contributed by atoms with van der Waals surface area (Å²) in [6.45, 7) is 3.12. The number of guanidine groups is 1. The summed E-state index contributed by atoms with van der Waals surface area (Å²) >= 11 is 0. The standard InChI is InChI=1S/C18H34N4O2S.HI/c1-19-17(22-12-10-18(15-22)8-3-2-4-9-18)20-11-13-25(23,24)21-14-16-6-5-7-16;/h16,21H,2-15H2,1H3,(H,19,20);1H. The van der Waals surface area contributed by atoms with Gasteiger partial charge in [0.25, 0.3) is 0 Å². The normalized spacial score (nSPS) is 23.6. The molecule has 2 N–H and O–H groups in total. The van der Waals surface area contributed by atoms with Gasteiger partial charge in [-0.05, 0) is 43.4 Å². The zero-order valence-electron chi connectivity index (χ0n) is 16.0. The van der Waals surface area contributed by atoms with Crippen LogP contribution in [0.4, 0.5) is 0 Å². The number of hydrogen-bond donors (Lipinski definition) is 2. The first-order chi connectivity index (χ1) is 12.0. The highest BCUT2D eigenvalue weighted by Gasteiger charge is 2.39. The molecule has 1 aliphatic heterocycles. The van der Waals surface area contributed by atoms with Crippen molar-refractivity contribution in [3.63, 3.8) is 0 Å². The molecule has 0 aromatic rings. The minimum absolute atomic E-state index is 0. The van der Waals surface area contributed by atoms with Crippen molar-refractivity contribution >= 4 is 40.0 Å². The molecule has 3 aliphatic rings. The fourth-order valence-corrected chi connectivity index (χ4v) is 5.47. The van der Waals surface area contributed by atoms with Gasteiger partial charge >= 0.3 is 0 Å². The summed E-state index contributed by atoms with van der Waals surface area (Å²) < 4.78 is 27.0. The van der Waals surface area contributed by atoms with E-state index in [-0.39, 0.29) is 29.7 Å². The smallest absolute Gasteiger partial charge is 0.213 e. The van der Waals surface area contributed by atoms with E-state index in [2.05, 4.69) is 19.9 Å². The lowest BCUT2D eigenvalue weighted by atomic mass is 9.73. The Morgan fingerprint density at radius 3 is 2.50 bits per heavy atom. The molecule has 1 spiro atoms. The Labute approximate surface area is 176 Å². The van der Waals surface area contributed by atoms with E-state index in [0.717, 1.165) is 31.9 Å². The van der Waals surface area contributed by atoms with Gasteiger partial charge in [0.05, 0.1) is 5.75 Å². The first-order valence-electron chi connectivity index (χ1n) is 9.95. The van der Waals surface area contributed by atoms with Crippen molar-refractivity contribution in [3.05, 3.63) is 0 Å². The van der Waals surface area contributed by atoms with E-state index in [1.54, 1.807) is 7.05 Å². The van der Waals surface area contributed by atoms with Gasteiger partial charge in [0, 0.05) is 33.2 Å². The third-order valence-corrected chi connectivity index (χ3v) is 7.68. The summed E-state index contributed by atoms with van der Waals surface area (Å²) in [5.41, 5.74) is 0.478. The average Bonchev–Trinajstić information content (AvgIpc) is 2.94. The van der Waals surface area contributed by atoms with Gasteiger partial charge in [0.1, 0.15) is 0 Å². The lowest BCUT2D eigenvalue weighted by molar-refractivity contribution is 0.203. The SMILES string of the molecule is CN=C(NCCS(=O)(=O)NCC1CCC1)N1CCC2(CCCCC2)C1.I. The molecular weight excluding hydrogens is 463 g/mol. The van der Waals surface area contributed by atoms with Gasteiger partial charge in [-0.25, -0.2) is 13.1 Å². The van der Waals surface area contributed by atoms with Crippen molar-refractivity contribution in [3.8, 4) is 0 Å². The van der Waals surface area contributed by atoms with Gasteiger partial charge in [-0.1, -0.05) is 25.7 Å². The maximum Gasteiger partial charge on any atom is 0.213 e. The van der Waals surface area contributed by atoms with Gasteiger partial charge in [0.2, 0.25) is 10.0 Å². The molecule has 0 radical (unpaired) electrons. The second kappa shape index (κ2) is 9.91. The number of aliphatic imine (C=N–C) groups is 1. The maximum absolute atomic E-state index is 12.1. The maximum atomic E-state index is 12.1. The second-order valence-corrected chi connectivity index (χ2v) is 10.1. The van der Waals surface area contributed by atoms with Crippen LogP contribution < -0.4 is 10.0 Å². The van der Waals surface area contributed by atoms with E-state index in [1.807, 2.05) is 0 Å². The van der Waals surface area contributed by atoms with E-state index in [1.165, 1.54) is 44.9 Å². The van der Waals surface area contributed by atoms with Crippen LogP contribution in [0.15, 0.2) is 4.99 Å². The van der Waals surface area contributed by atoms with E-state index >= 15 is 0 Å². The van der Waals surface area contributed by atoms with Crippen LogP contribution in [-0.2, 0) is 10.0 Å². The van der Waals surface area contributed by atoms with Crippen LogP contribution in [0.25, 0.3) is 0 Å². The molecule has 0 unspecified atom stereocenters. The molecule has 1 saturated heterocycles. The Balaban J connectivity index is 0.00000243. The summed E-state index contributed by atoms with van der Waals surface area (Å²) in [5.74, 6) is 1.51. The molecule has 0 atom stereocenters. The number of likely N-dealkylation sites (tertiary alicyclic amines) is 1. The van der Waals surface area contributed by atoms with Crippen LogP contribution in [0.3, 0.4) is 0 Å². The first kappa shape index (κ1) is 22.2. The van der Waals surface area contributed by atoms with Crippen LogP contribution >= 0.6 is 24.0 Å². The van der Waals surface area contributed by atoms with Crippen LogP contribution in [0.2, 0.25) is 0 Å². The number of nitrogens with one attached hydrogen (secondary N) is 2. The highest BCUT2D eigenvalue weighted by atomic mass is 127. The molecule has 3 fully saturated rings. The van der Waals surface area contributed by atoms with Gasteiger partial charge in [0.15, 0.2) is 5.96 Å². The van der Waals surface area contributed by atoms with Crippen LogP contribution in [0, 0.1) is 11.3 Å². The monoisotopic (exact) mass is 498 g/mol. The number of hydrogen-bond acceptors (Lipinski definition) is 3. The summed E-state index contributed by atoms with van der Waals surface area (Å²) in [7, 11) is -1.40. The zero-order chi connectivity index (χ0) is 17.8.